The van der Waals surface area contributed by atoms with Crippen molar-refractivity contribution < 1.29 is 0 Å². The van der Waals surface area contributed by atoms with Crippen LogP contribution < -0.4 is 5.73 Å². The number of fused-ring (bicyclic) bond motifs is 1. The number of hydrogen-bond acceptors (Lipinski definition) is 1. The lowest BCUT2D eigenvalue weighted by Crippen LogP contribution is -2.27. The smallest absolute Gasteiger partial charge is 0.0456 e. The summed E-state index contributed by atoms with van der Waals surface area (Å²) >= 11 is 0. The Morgan fingerprint density at radius 2 is 2.06 bits per heavy atom. The summed E-state index contributed by atoms with van der Waals surface area (Å²) < 4.78 is 0. The summed E-state index contributed by atoms with van der Waals surface area (Å²) in [7, 11) is 0. The summed E-state index contributed by atoms with van der Waals surface area (Å²) in [5, 5.41) is 1.26. The molecule has 3 N–H and O–H groups in total. The van der Waals surface area contributed by atoms with Crippen LogP contribution in [0.2, 0.25) is 0 Å². The third-order valence-electron chi connectivity index (χ3n) is 3.33. The molecule has 0 radical (unpaired) electrons. The minimum Gasteiger partial charge on any atom is -0.361 e. The lowest BCUT2D eigenvalue weighted by Gasteiger charge is -2.17. The Labute approximate surface area is 103 Å². The van der Waals surface area contributed by atoms with Gasteiger partial charge in [0.05, 0.1) is 0 Å². The van der Waals surface area contributed by atoms with Crippen molar-refractivity contribution in [3.63, 3.8) is 0 Å². The van der Waals surface area contributed by atoms with Crippen LogP contribution in [0.5, 0.6) is 0 Å². The molecule has 0 bridgehead atoms. The summed E-state index contributed by atoms with van der Waals surface area (Å²) in [4.78, 5) is 3.28. The zero-order valence-corrected chi connectivity index (χ0v) is 10.5. The van der Waals surface area contributed by atoms with E-state index < -0.39 is 0 Å². The molecule has 2 heteroatoms. The molecule has 0 saturated heterocycles. The largest absolute Gasteiger partial charge is 0.361 e. The van der Waals surface area contributed by atoms with Gasteiger partial charge < -0.3 is 10.7 Å². The van der Waals surface area contributed by atoms with Crippen molar-refractivity contribution in [1.82, 2.24) is 4.98 Å². The average molecular weight is 228 g/mol. The van der Waals surface area contributed by atoms with E-state index in [1.807, 2.05) is 6.07 Å². The standard InChI is InChI=1S/C15H20N2/c1-10(2)11(3)14(16)8-12-9-17-15-7-5-4-6-13(12)15/h4-7,9-10,14,17H,3,8,16H2,1-2H3. The molecule has 1 heterocycles. The number of para-hydroxylation sites is 1. The highest BCUT2D eigenvalue weighted by Crippen LogP contribution is 2.21. The molecule has 2 rings (SSSR count). The zero-order chi connectivity index (χ0) is 12.4. The first-order valence-electron chi connectivity index (χ1n) is 6.09. The molecule has 0 aliphatic carbocycles. The van der Waals surface area contributed by atoms with Gasteiger partial charge in [0.15, 0.2) is 0 Å². The maximum Gasteiger partial charge on any atom is 0.0456 e. The van der Waals surface area contributed by atoms with Gasteiger partial charge in [0.1, 0.15) is 0 Å². The third-order valence-corrected chi connectivity index (χ3v) is 3.33. The van der Waals surface area contributed by atoms with Crippen molar-refractivity contribution >= 4 is 10.9 Å². The highest BCUT2D eigenvalue weighted by molar-refractivity contribution is 5.83. The van der Waals surface area contributed by atoms with Crippen LogP contribution in [0.4, 0.5) is 0 Å². The van der Waals surface area contributed by atoms with Gasteiger partial charge in [-0.3, -0.25) is 0 Å². The molecule has 90 valence electrons. The van der Waals surface area contributed by atoms with E-state index >= 15 is 0 Å². The van der Waals surface area contributed by atoms with Crippen molar-refractivity contribution in [2.45, 2.75) is 26.3 Å². The van der Waals surface area contributed by atoms with Gasteiger partial charge in [-0.05, 0) is 24.0 Å². The predicted octanol–water partition coefficient (Wildman–Crippen LogP) is 3.25. The molecule has 1 atom stereocenters. The fourth-order valence-corrected chi connectivity index (χ4v) is 2.10. The van der Waals surface area contributed by atoms with Crippen LogP contribution in [0, 0.1) is 5.92 Å². The van der Waals surface area contributed by atoms with E-state index in [2.05, 4.69) is 49.8 Å². The summed E-state index contributed by atoms with van der Waals surface area (Å²) in [6.45, 7) is 8.35. The minimum atomic E-state index is 0.0363. The molecule has 0 saturated carbocycles. The Balaban J connectivity index is 2.21. The van der Waals surface area contributed by atoms with Gasteiger partial charge in [-0.25, -0.2) is 0 Å². The van der Waals surface area contributed by atoms with Gasteiger partial charge in [-0.2, -0.15) is 0 Å². The fourth-order valence-electron chi connectivity index (χ4n) is 2.10. The fraction of sp³-hybridized carbons (Fsp3) is 0.333. The molecule has 1 aromatic carbocycles. The van der Waals surface area contributed by atoms with Gasteiger partial charge in [-0.1, -0.05) is 44.2 Å². The van der Waals surface area contributed by atoms with E-state index in [0.29, 0.717) is 5.92 Å². The van der Waals surface area contributed by atoms with E-state index in [9.17, 15) is 0 Å². The molecule has 17 heavy (non-hydrogen) atoms. The van der Waals surface area contributed by atoms with Crippen molar-refractivity contribution in [1.29, 1.82) is 0 Å². The van der Waals surface area contributed by atoms with Crippen molar-refractivity contribution in [2.75, 3.05) is 0 Å². The number of hydrogen-bond donors (Lipinski definition) is 2. The molecule has 0 spiro atoms. The summed E-state index contributed by atoms with van der Waals surface area (Å²) in [6, 6.07) is 8.35. The highest BCUT2D eigenvalue weighted by Gasteiger charge is 2.13. The number of aromatic nitrogens is 1. The van der Waals surface area contributed by atoms with Crippen LogP contribution in [0.15, 0.2) is 42.6 Å². The second-order valence-corrected chi connectivity index (χ2v) is 4.90. The van der Waals surface area contributed by atoms with Crippen LogP contribution in [-0.4, -0.2) is 11.0 Å². The quantitative estimate of drug-likeness (QED) is 0.775. The molecule has 2 nitrogen and oxygen atoms in total. The van der Waals surface area contributed by atoms with E-state index in [-0.39, 0.29) is 6.04 Å². The molecule has 0 aliphatic heterocycles. The lowest BCUT2D eigenvalue weighted by molar-refractivity contribution is 0.644. The molecule has 0 aliphatic rings. The topological polar surface area (TPSA) is 41.8 Å². The van der Waals surface area contributed by atoms with E-state index in [4.69, 9.17) is 5.73 Å². The summed E-state index contributed by atoms with van der Waals surface area (Å²) in [5.41, 5.74) is 9.75. The Hall–Kier alpha value is -1.54. The lowest BCUT2D eigenvalue weighted by atomic mass is 9.93. The Kier molecular flexibility index (Phi) is 3.34. The molecule has 0 amide bonds. The molecule has 1 unspecified atom stereocenters. The van der Waals surface area contributed by atoms with Crippen LogP contribution in [0.25, 0.3) is 10.9 Å². The Morgan fingerprint density at radius 1 is 1.35 bits per heavy atom. The maximum atomic E-state index is 6.19. The summed E-state index contributed by atoms with van der Waals surface area (Å²) in [5.74, 6) is 0.440. The van der Waals surface area contributed by atoms with Crippen LogP contribution >= 0.6 is 0 Å². The number of nitrogens with two attached hydrogens (primary N) is 1. The third kappa shape index (κ3) is 2.42. The summed E-state index contributed by atoms with van der Waals surface area (Å²) in [6.07, 6.45) is 2.90. The minimum absolute atomic E-state index is 0.0363. The monoisotopic (exact) mass is 228 g/mol. The van der Waals surface area contributed by atoms with Gasteiger partial charge in [-0.15, -0.1) is 0 Å². The van der Waals surface area contributed by atoms with E-state index in [1.165, 1.54) is 16.5 Å². The molecule has 2 aromatic rings. The molecular formula is C15H20N2. The maximum absolute atomic E-state index is 6.19. The molecular weight excluding hydrogens is 208 g/mol. The Morgan fingerprint density at radius 3 is 2.76 bits per heavy atom. The predicted molar refractivity (Wildman–Crippen MR) is 74.0 cm³/mol. The van der Waals surface area contributed by atoms with Crippen molar-refractivity contribution in [2.24, 2.45) is 11.7 Å². The average Bonchev–Trinajstić information content (AvgIpc) is 2.71. The normalized spacial score (nSPS) is 13.2. The first kappa shape index (κ1) is 11.9. The van der Waals surface area contributed by atoms with Gasteiger partial charge in [0.2, 0.25) is 0 Å². The highest BCUT2D eigenvalue weighted by atomic mass is 14.7. The van der Waals surface area contributed by atoms with Gasteiger partial charge >= 0.3 is 0 Å². The van der Waals surface area contributed by atoms with Gasteiger partial charge in [0, 0.05) is 23.1 Å². The Bertz CT molecular complexity index is 522. The first-order valence-corrected chi connectivity index (χ1v) is 6.09. The van der Waals surface area contributed by atoms with Crippen LogP contribution in [0.3, 0.4) is 0 Å². The zero-order valence-electron chi connectivity index (χ0n) is 10.5. The number of aromatic amines is 1. The first-order chi connectivity index (χ1) is 8.09. The SMILES string of the molecule is C=C(C(C)C)C(N)Cc1c[nH]c2ccccc12. The van der Waals surface area contributed by atoms with Crippen LogP contribution in [-0.2, 0) is 6.42 Å². The molecule has 1 aromatic heterocycles. The second kappa shape index (κ2) is 4.76. The number of rotatable bonds is 4. The van der Waals surface area contributed by atoms with Crippen molar-refractivity contribution in [3.05, 3.63) is 48.2 Å². The molecule has 0 fully saturated rings. The van der Waals surface area contributed by atoms with E-state index in [0.717, 1.165) is 12.0 Å². The van der Waals surface area contributed by atoms with Gasteiger partial charge in [0.25, 0.3) is 0 Å². The second-order valence-electron chi connectivity index (χ2n) is 4.90. The van der Waals surface area contributed by atoms with Crippen LogP contribution in [0.1, 0.15) is 19.4 Å². The van der Waals surface area contributed by atoms with Crippen molar-refractivity contribution in [3.8, 4) is 0 Å². The number of benzene rings is 1. The number of nitrogens with one attached hydrogen (secondary N) is 1. The number of H-pyrrole nitrogens is 1. The van der Waals surface area contributed by atoms with E-state index in [1.54, 1.807) is 0 Å².